The first-order valence-corrected chi connectivity index (χ1v) is 4.08. The van der Waals surface area contributed by atoms with Crippen molar-refractivity contribution in [3.63, 3.8) is 0 Å². The van der Waals surface area contributed by atoms with Gasteiger partial charge in [0.05, 0.1) is 12.8 Å². The number of hydrogen-bond donors (Lipinski definition) is 1. The van der Waals surface area contributed by atoms with Gasteiger partial charge in [-0.25, -0.2) is 0 Å². The third kappa shape index (κ3) is 1.41. The Bertz CT molecular complexity index is 269. The van der Waals surface area contributed by atoms with Crippen molar-refractivity contribution in [2.45, 2.75) is 12.3 Å². The first kappa shape index (κ1) is 7.55. The van der Waals surface area contributed by atoms with Gasteiger partial charge in [-0.3, -0.25) is 4.98 Å². The second kappa shape index (κ2) is 3.11. The molecule has 3 nitrogen and oxygen atoms in total. The summed E-state index contributed by atoms with van der Waals surface area (Å²) in [6.07, 6.45) is 4.27. The van der Waals surface area contributed by atoms with Gasteiger partial charge in [0.25, 0.3) is 0 Å². The molecule has 0 aromatic carbocycles. The van der Waals surface area contributed by atoms with E-state index >= 15 is 0 Å². The average molecular weight is 165 g/mol. The Morgan fingerprint density at radius 3 is 3.08 bits per heavy atom. The highest BCUT2D eigenvalue weighted by Gasteiger charge is 2.17. The van der Waals surface area contributed by atoms with E-state index < -0.39 is 0 Å². The lowest BCUT2D eigenvalue weighted by Crippen LogP contribution is -1.97. The average Bonchev–Trinajstić information content (AvgIpc) is 2.56. The second-order valence-corrected chi connectivity index (χ2v) is 3.04. The van der Waals surface area contributed by atoms with Gasteiger partial charge in [-0.1, -0.05) is 0 Å². The third-order valence-corrected chi connectivity index (χ3v) is 2.15. The molecule has 1 aliphatic heterocycles. The van der Waals surface area contributed by atoms with Crippen LogP contribution in [0, 0.1) is 0 Å². The first-order valence-electron chi connectivity index (χ1n) is 4.08. The van der Waals surface area contributed by atoms with Crippen molar-refractivity contribution in [3.05, 3.63) is 24.0 Å². The summed E-state index contributed by atoms with van der Waals surface area (Å²) >= 11 is 0. The molecule has 2 heterocycles. The zero-order chi connectivity index (χ0) is 8.39. The van der Waals surface area contributed by atoms with E-state index in [1.807, 2.05) is 0 Å². The SMILES string of the molecule is Oc1cncc(C2CCOC2)c1. The van der Waals surface area contributed by atoms with Crippen LogP contribution in [0.3, 0.4) is 0 Å². The molecule has 1 N–H and O–H groups in total. The standard InChI is InChI=1S/C9H11NO2/c11-9-3-8(4-10-5-9)7-1-2-12-6-7/h3-5,7,11H,1-2,6H2. The monoisotopic (exact) mass is 165 g/mol. The van der Waals surface area contributed by atoms with Crippen LogP contribution >= 0.6 is 0 Å². The summed E-state index contributed by atoms with van der Waals surface area (Å²) in [5.41, 5.74) is 1.08. The van der Waals surface area contributed by atoms with Gasteiger partial charge in [-0.15, -0.1) is 0 Å². The summed E-state index contributed by atoms with van der Waals surface area (Å²) in [6, 6.07) is 1.76. The van der Waals surface area contributed by atoms with E-state index in [-0.39, 0.29) is 5.75 Å². The van der Waals surface area contributed by atoms with Gasteiger partial charge in [0.1, 0.15) is 5.75 Å². The molecule has 1 saturated heterocycles. The maximum Gasteiger partial charge on any atom is 0.134 e. The number of nitrogens with zero attached hydrogens (tertiary/aromatic N) is 1. The van der Waals surface area contributed by atoms with Crippen molar-refractivity contribution in [2.75, 3.05) is 13.2 Å². The van der Waals surface area contributed by atoms with Crippen LogP contribution in [0.5, 0.6) is 5.75 Å². The number of hydrogen-bond acceptors (Lipinski definition) is 3. The molecule has 0 spiro atoms. The fourth-order valence-corrected chi connectivity index (χ4v) is 1.47. The molecule has 2 rings (SSSR count). The maximum atomic E-state index is 9.17. The van der Waals surface area contributed by atoms with E-state index in [4.69, 9.17) is 4.74 Å². The minimum atomic E-state index is 0.236. The van der Waals surface area contributed by atoms with Crippen LogP contribution in [-0.4, -0.2) is 23.3 Å². The maximum absolute atomic E-state index is 9.17. The van der Waals surface area contributed by atoms with Crippen LogP contribution in [0.25, 0.3) is 0 Å². The van der Waals surface area contributed by atoms with E-state index in [9.17, 15) is 5.11 Å². The fourth-order valence-electron chi connectivity index (χ4n) is 1.47. The zero-order valence-corrected chi connectivity index (χ0v) is 6.73. The van der Waals surface area contributed by atoms with Crippen molar-refractivity contribution < 1.29 is 9.84 Å². The smallest absolute Gasteiger partial charge is 0.134 e. The zero-order valence-electron chi connectivity index (χ0n) is 6.73. The summed E-state index contributed by atoms with van der Waals surface area (Å²) in [4.78, 5) is 3.92. The minimum Gasteiger partial charge on any atom is -0.506 e. The Balaban J connectivity index is 2.21. The fraction of sp³-hybridized carbons (Fsp3) is 0.444. The highest BCUT2D eigenvalue weighted by atomic mass is 16.5. The molecule has 12 heavy (non-hydrogen) atoms. The molecule has 1 aliphatic rings. The van der Waals surface area contributed by atoms with Crippen LogP contribution in [-0.2, 0) is 4.74 Å². The number of aromatic hydroxyl groups is 1. The topological polar surface area (TPSA) is 42.4 Å². The van der Waals surface area contributed by atoms with Gasteiger partial charge in [-0.2, -0.15) is 0 Å². The molecule has 0 bridgehead atoms. The highest BCUT2D eigenvalue weighted by Crippen LogP contribution is 2.26. The van der Waals surface area contributed by atoms with Crippen molar-refractivity contribution in [1.82, 2.24) is 4.98 Å². The Morgan fingerprint density at radius 1 is 1.50 bits per heavy atom. The lowest BCUT2D eigenvalue weighted by atomic mass is 10.0. The molecule has 1 atom stereocenters. The van der Waals surface area contributed by atoms with Crippen LogP contribution < -0.4 is 0 Å². The predicted molar refractivity (Wildman–Crippen MR) is 44.1 cm³/mol. The normalized spacial score (nSPS) is 22.8. The van der Waals surface area contributed by atoms with Gasteiger partial charge in [0, 0.05) is 18.7 Å². The molecule has 0 saturated carbocycles. The molecule has 0 radical (unpaired) electrons. The molecule has 1 aromatic rings. The van der Waals surface area contributed by atoms with E-state index in [1.165, 1.54) is 6.20 Å². The number of pyridine rings is 1. The third-order valence-electron chi connectivity index (χ3n) is 2.15. The molecule has 1 fully saturated rings. The molecular formula is C9H11NO2. The summed E-state index contributed by atoms with van der Waals surface area (Å²) in [6.45, 7) is 1.57. The number of aromatic nitrogens is 1. The molecule has 1 aromatic heterocycles. The van der Waals surface area contributed by atoms with Crippen molar-refractivity contribution in [2.24, 2.45) is 0 Å². The van der Waals surface area contributed by atoms with Crippen LogP contribution in [0.1, 0.15) is 17.9 Å². The Kier molecular flexibility index (Phi) is 1.96. The van der Waals surface area contributed by atoms with Crippen LogP contribution in [0.4, 0.5) is 0 Å². The van der Waals surface area contributed by atoms with Crippen molar-refractivity contribution >= 4 is 0 Å². The largest absolute Gasteiger partial charge is 0.506 e. The molecule has 0 amide bonds. The predicted octanol–water partition coefficient (Wildman–Crippen LogP) is 1.29. The quantitative estimate of drug-likeness (QED) is 0.681. The van der Waals surface area contributed by atoms with Gasteiger partial charge in [0.15, 0.2) is 0 Å². The summed E-state index contributed by atoms with van der Waals surface area (Å²) in [5.74, 6) is 0.656. The Morgan fingerprint density at radius 2 is 2.42 bits per heavy atom. The van der Waals surface area contributed by atoms with Crippen LogP contribution in [0.15, 0.2) is 18.5 Å². The van der Waals surface area contributed by atoms with Crippen molar-refractivity contribution in [3.8, 4) is 5.75 Å². The van der Waals surface area contributed by atoms with Crippen LogP contribution in [0.2, 0.25) is 0 Å². The molecule has 3 heteroatoms. The lowest BCUT2D eigenvalue weighted by molar-refractivity contribution is 0.194. The van der Waals surface area contributed by atoms with E-state index in [0.717, 1.165) is 25.2 Å². The Labute approximate surface area is 71.0 Å². The molecule has 1 unspecified atom stereocenters. The summed E-state index contributed by atoms with van der Waals surface area (Å²) in [7, 11) is 0. The van der Waals surface area contributed by atoms with E-state index in [1.54, 1.807) is 12.3 Å². The van der Waals surface area contributed by atoms with Gasteiger partial charge < -0.3 is 9.84 Å². The highest BCUT2D eigenvalue weighted by molar-refractivity contribution is 5.25. The first-order chi connectivity index (χ1) is 5.86. The lowest BCUT2D eigenvalue weighted by Gasteiger charge is -2.06. The minimum absolute atomic E-state index is 0.236. The van der Waals surface area contributed by atoms with Gasteiger partial charge in [0.2, 0.25) is 0 Å². The number of ether oxygens (including phenoxy) is 1. The number of rotatable bonds is 1. The van der Waals surface area contributed by atoms with E-state index in [2.05, 4.69) is 4.98 Å². The van der Waals surface area contributed by atoms with Gasteiger partial charge in [-0.05, 0) is 18.1 Å². The van der Waals surface area contributed by atoms with Gasteiger partial charge >= 0.3 is 0 Å². The summed E-state index contributed by atoms with van der Waals surface area (Å²) < 4.78 is 5.24. The molecule has 0 aliphatic carbocycles. The molecule has 64 valence electrons. The van der Waals surface area contributed by atoms with Crippen molar-refractivity contribution in [1.29, 1.82) is 0 Å². The summed E-state index contributed by atoms with van der Waals surface area (Å²) in [5, 5.41) is 9.17. The second-order valence-electron chi connectivity index (χ2n) is 3.04. The van der Waals surface area contributed by atoms with E-state index in [0.29, 0.717) is 5.92 Å². The molecular weight excluding hydrogens is 154 g/mol. The Hall–Kier alpha value is -1.09.